The van der Waals surface area contributed by atoms with Gasteiger partial charge >= 0.3 is 36.3 Å². The van der Waals surface area contributed by atoms with Gasteiger partial charge in [-0.05, 0) is 37.4 Å². The number of unbranched alkanes of at least 4 members (excludes halogenated alkanes) is 9. The highest BCUT2D eigenvalue weighted by Gasteiger charge is 2.57. The summed E-state index contributed by atoms with van der Waals surface area (Å²) in [5, 5.41) is 6.55. The van der Waals surface area contributed by atoms with Crippen LogP contribution in [0, 0.1) is 0 Å². The third-order valence-electron chi connectivity index (χ3n) is 6.99. The fourth-order valence-corrected chi connectivity index (χ4v) is 7.95. The van der Waals surface area contributed by atoms with Crippen LogP contribution >= 0.6 is 0 Å². The minimum atomic E-state index is -5.64. The predicted molar refractivity (Wildman–Crippen MR) is 127 cm³/mol. The van der Waals surface area contributed by atoms with E-state index in [0.29, 0.717) is 56.7 Å². The van der Waals surface area contributed by atoms with E-state index < -0.39 is 63.8 Å². The predicted octanol–water partition coefficient (Wildman–Crippen LogP) is 11.3. The average molecular weight is 654 g/mol. The summed E-state index contributed by atoms with van der Waals surface area (Å²) < 4.78 is 188. The molecule has 0 fully saturated rings. The molecule has 0 unspecified atom stereocenters. The summed E-state index contributed by atoms with van der Waals surface area (Å²) in [7, 11) is -2.61. The molecule has 0 aliphatic rings. The molecule has 2 N–H and O–H groups in total. The van der Waals surface area contributed by atoms with Crippen molar-refractivity contribution in [1.29, 1.82) is 0 Å². The first-order valence-electron chi connectivity index (χ1n) is 13.5. The number of hydrogen-bond acceptors (Lipinski definition) is 1. The van der Waals surface area contributed by atoms with E-state index in [1.54, 1.807) is 0 Å². The van der Waals surface area contributed by atoms with Crippen LogP contribution in [0.5, 0.6) is 0 Å². The first-order valence-corrected chi connectivity index (χ1v) is 16.2. The van der Waals surface area contributed by atoms with Crippen LogP contribution in [0.15, 0.2) is 0 Å². The maximum absolute atomic E-state index is 13.0. The van der Waals surface area contributed by atoms with Gasteiger partial charge in [-0.3, -0.25) is 0 Å². The lowest BCUT2D eigenvalue weighted by molar-refractivity contribution is -0.284. The minimum Gasteiger partial charge on any atom is -0.351 e. The second-order valence-electron chi connectivity index (χ2n) is 10.7. The number of hydrogen-bond donors (Lipinski definition) is 1. The van der Waals surface area contributed by atoms with Crippen molar-refractivity contribution in [3.63, 3.8) is 0 Å². The molecule has 1 nitrogen and oxygen atoms in total. The number of nitrogens with two attached hydrogens (primary N) is 1. The maximum Gasteiger partial charge on any atom is 0.453 e. The van der Waals surface area contributed by atoms with E-state index in [0.717, 1.165) is 0 Å². The molecular weight excluding hydrogens is 615 g/mol. The Kier molecular flexibility index (Phi) is 15.9. The normalized spacial score (nSPS) is 14.6. The Hall–Kier alpha value is -0.873. The summed E-state index contributed by atoms with van der Waals surface area (Å²) in [6.07, 6.45) is -19.8. The molecule has 0 radical (unpaired) electrons. The van der Waals surface area contributed by atoms with Crippen molar-refractivity contribution < 1.29 is 65.9 Å². The van der Waals surface area contributed by atoms with Gasteiger partial charge in [0.25, 0.3) is 0 Å². The van der Waals surface area contributed by atoms with Gasteiger partial charge in [0.05, 0.1) is 0 Å². The maximum atomic E-state index is 13.0. The van der Waals surface area contributed by atoms with Gasteiger partial charge in [-0.25, -0.2) is 0 Å². The van der Waals surface area contributed by atoms with Crippen molar-refractivity contribution in [3.8, 4) is 0 Å². The number of halogens is 15. The van der Waals surface area contributed by atoms with Gasteiger partial charge in [-0.1, -0.05) is 57.8 Å². The minimum absolute atomic E-state index is 0.0803. The van der Waals surface area contributed by atoms with Gasteiger partial charge in [-0.15, -0.1) is 0 Å². The molecule has 0 rings (SSSR count). The van der Waals surface area contributed by atoms with E-state index >= 15 is 0 Å². The first kappa shape index (κ1) is 40.1. The Morgan fingerprint density at radius 1 is 0.317 bits per heavy atom. The second-order valence-corrected chi connectivity index (χ2v) is 14.9. The van der Waals surface area contributed by atoms with Gasteiger partial charge in [0.15, 0.2) is 0 Å². The van der Waals surface area contributed by atoms with Crippen LogP contribution in [0.2, 0.25) is 18.1 Å². The first-order chi connectivity index (χ1) is 18.4. The molecule has 0 aliphatic carbocycles. The number of alkyl halides is 15. The molecule has 0 heterocycles. The van der Waals surface area contributed by atoms with Gasteiger partial charge in [0, 0.05) is 19.3 Å². The lowest BCUT2D eigenvalue weighted by Gasteiger charge is -2.27. The zero-order chi connectivity index (χ0) is 32.2. The van der Waals surface area contributed by atoms with E-state index in [1.807, 2.05) is 0 Å². The highest BCUT2D eigenvalue weighted by Crippen LogP contribution is 2.41. The molecule has 0 aliphatic heterocycles. The van der Waals surface area contributed by atoms with Crippen molar-refractivity contribution in [2.75, 3.05) is 0 Å². The Morgan fingerprint density at radius 2 is 0.512 bits per heavy atom. The van der Waals surface area contributed by atoms with Crippen molar-refractivity contribution in [2.24, 2.45) is 5.40 Å². The average Bonchev–Trinajstić information content (AvgIpc) is 2.78. The summed E-state index contributed by atoms with van der Waals surface area (Å²) in [5.74, 6) is -14.4. The van der Waals surface area contributed by atoms with E-state index in [1.165, 1.54) is 0 Å². The highest BCUT2D eigenvalue weighted by molar-refractivity contribution is 6.76. The standard InChI is InChI=1S/C24H38F15NSi/c25-19(26,22(31,32)33)13-7-1-4-10-16-41(40,17-11-5-2-8-14-20(27,28)23(34,35)36)18-12-6-3-9-15-21(29,30)24(37,38)39/h1-18,40H2. The van der Waals surface area contributed by atoms with Crippen molar-refractivity contribution in [3.05, 3.63) is 0 Å². The largest absolute Gasteiger partial charge is 0.453 e. The van der Waals surface area contributed by atoms with E-state index in [4.69, 9.17) is 5.40 Å². The topological polar surface area (TPSA) is 26.0 Å². The van der Waals surface area contributed by atoms with Crippen LogP contribution in [-0.2, 0) is 0 Å². The zero-order valence-electron chi connectivity index (χ0n) is 22.5. The smallest absolute Gasteiger partial charge is 0.351 e. The summed E-state index contributed by atoms with van der Waals surface area (Å²) in [6, 6.07) is 1.25. The molecule has 248 valence electrons. The van der Waals surface area contributed by atoms with Crippen LogP contribution in [0.4, 0.5) is 65.9 Å². The Bertz CT molecular complexity index is 624. The summed E-state index contributed by atoms with van der Waals surface area (Å²) in [5.41, 5.74) is 0. The summed E-state index contributed by atoms with van der Waals surface area (Å²) in [6.45, 7) is 0. The molecule has 0 aromatic heterocycles. The Morgan fingerprint density at radius 3 is 0.707 bits per heavy atom. The third kappa shape index (κ3) is 15.4. The fraction of sp³-hybridized carbons (Fsp3) is 1.00. The van der Waals surface area contributed by atoms with Crippen molar-refractivity contribution in [1.82, 2.24) is 0 Å². The molecule has 0 saturated heterocycles. The molecule has 41 heavy (non-hydrogen) atoms. The Balaban J connectivity index is 4.70. The van der Waals surface area contributed by atoms with Gasteiger partial charge < -0.3 is 5.40 Å². The van der Waals surface area contributed by atoms with Gasteiger partial charge in [0.2, 0.25) is 0 Å². The molecule has 0 spiro atoms. The SMILES string of the molecule is N[Si](CCCCCCC(F)(F)C(F)(F)F)(CCCCCCC(F)(F)C(F)(F)F)CCCCCCC(F)(F)C(F)(F)F. The lowest BCUT2D eigenvalue weighted by Crippen LogP contribution is -2.45. The molecular formula is C24H38F15NSi. The lowest BCUT2D eigenvalue weighted by atomic mass is 10.1. The highest BCUT2D eigenvalue weighted by atomic mass is 28.3. The van der Waals surface area contributed by atoms with Crippen LogP contribution in [0.1, 0.15) is 96.3 Å². The zero-order valence-corrected chi connectivity index (χ0v) is 23.5. The fourth-order valence-electron chi connectivity index (χ4n) is 4.33. The molecule has 0 aromatic carbocycles. The quantitative estimate of drug-likeness (QED) is 0.0745. The molecule has 0 bridgehead atoms. The van der Waals surface area contributed by atoms with Crippen LogP contribution < -0.4 is 5.40 Å². The number of rotatable bonds is 21. The summed E-state index contributed by atoms with van der Waals surface area (Å²) in [4.78, 5) is 0. The Labute approximate surface area is 230 Å². The molecule has 0 saturated carbocycles. The molecule has 0 amide bonds. The van der Waals surface area contributed by atoms with Crippen molar-refractivity contribution >= 4 is 8.24 Å². The summed E-state index contributed by atoms with van der Waals surface area (Å²) >= 11 is 0. The molecule has 0 aromatic rings. The van der Waals surface area contributed by atoms with E-state index in [9.17, 15) is 65.9 Å². The van der Waals surface area contributed by atoms with Crippen molar-refractivity contribution in [2.45, 2.75) is 151 Å². The molecule has 17 heteroatoms. The monoisotopic (exact) mass is 653 g/mol. The molecule has 0 atom stereocenters. The van der Waals surface area contributed by atoms with Crippen LogP contribution in [0.25, 0.3) is 0 Å². The van der Waals surface area contributed by atoms with E-state index in [-0.39, 0.29) is 38.5 Å². The van der Waals surface area contributed by atoms with Crippen LogP contribution in [-0.4, -0.2) is 44.5 Å². The van der Waals surface area contributed by atoms with Crippen LogP contribution in [0.3, 0.4) is 0 Å². The van der Waals surface area contributed by atoms with E-state index in [2.05, 4.69) is 0 Å². The third-order valence-corrected chi connectivity index (χ3v) is 11.0. The van der Waals surface area contributed by atoms with Gasteiger partial charge in [-0.2, -0.15) is 65.9 Å². The second kappa shape index (κ2) is 16.3. The van der Waals surface area contributed by atoms with Gasteiger partial charge in [0.1, 0.15) is 8.24 Å².